The number of fused-ring (bicyclic) bond motifs is 2. The topological polar surface area (TPSA) is 65.9 Å². The highest BCUT2D eigenvalue weighted by molar-refractivity contribution is 6.02. The van der Waals surface area contributed by atoms with E-state index in [4.69, 9.17) is 9.73 Å². The molecule has 3 aromatic carbocycles. The van der Waals surface area contributed by atoms with Crippen LogP contribution in [0, 0.1) is 0 Å². The Morgan fingerprint density at radius 1 is 0.943 bits per heavy atom. The third kappa shape index (κ3) is 4.07. The number of imidazole rings is 1. The molecule has 7 heteroatoms. The fraction of sp³-hybridized carbons (Fsp3) is 0.286. The molecule has 1 aromatic heterocycles. The number of para-hydroxylation sites is 2. The molecule has 2 aliphatic rings. The summed E-state index contributed by atoms with van der Waals surface area (Å²) in [7, 11) is 0. The molecule has 3 heterocycles. The second-order valence-electron chi connectivity index (χ2n) is 9.09. The molecule has 0 spiro atoms. The maximum atomic E-state index is 12.8. The third-order valence-electron chi connectivity index (χ3n) is 7.08. The van der Waals surface area contributed by atoms with E-state index in [0.717, 1.165) is 84.1 Å². The highest BCUT2D eigenvalue weighted by Crippen LogP contribution is 2.38. The number of aromatic nitrogens is 2. The van der Waals surface area contributed by atoms with Crippen molar-refractivity contribution in [2.75, 3.05) is 45.9 Å². The summed E-state index contributed by atoms with van der Waals surface area (Å²) in [6.45, 7) is 9.47. The molecule has 0 radical (unpaired) electrons. The zero-order chi connectivity index (χ0) is 23.8. The van der Waals surface area contributed by atoms with Crippen LogP contribution in [-0.2, 0) is 0 Å². The quantitative estimate of drug-likeness (QED) is 0.409. The molecule has 2 aliphatic heterocycles. The number of H-pyrrole nitrogens is 1. The van der Waals surface area contributed by atoms with E-state index < -0.39 is 0 Å². The Morgan fingerprint density at radius 2 is 1.71 bits per heavy atom. The summed E-state index contributed by atoms with van der Waals surface area (Å²) in [5.41, 5.74) is 6.01. The number of hydrogen-bond acceptors (Lipinski definition) is 5. The number of rotatable bonds is 6. The Kier molecular flexibility index (Phi) is 5.72. The lowest BCUT2D eigenvalue weighted by Gasteiger charge is -2.33. The van der Waals surface area contributed by atoms with E-state index in [-0.39, 0.29) is 5.69 Å². The number of nitrogens with zero attached hydrogens (tertiary/aromatic N) is 4. The molecule has 1 N–H and O–H groups in total. The van der Waals surface area contributed by atoms with Gasteiger partial charge >= 0.3 is 5.69 Å². The van der Waals surface area contributed by atoms with Crippen molar-refractivity contribution >= 4 is 22.9 Å². The van der Waals surface area contributed by atoms with Crippen molar-refractivity contribution in [2.45, 2.75) is 6.92 Å². The van der Waals surface area contributed by atoms with E-state index in [9.17, 15) is 4.79 Å². The van der Waals surface area contributed by atoms with E-state index in [2.05, 4.69) is 33.8 Å². The van der Waals surface area contributed by atoms with Gasteiger partial charge < -0.3 is 14.6 Å². The van der Waals surface area contributed by atoms with Crippen molar-refractivity contribution in [3.8, 4) is 22.6 Å². The Bertz CT molecular complexity index is 1440. The van der Waals surface area contributed by atoms with Crippen LogP contribution < -0.4 is 10.4 Å². The minimum absolute atomic E-state index is 0.156. The number of hydrogen-bond donors (Lipinski definition) is 1. The maximum absolute atomic E-state index is 12.8. The van der Waals surface area contributed by atoms with E-state index in [1.165, 1.54) is 0 Å². The van der Waals surface area contributed by atoms with E-state index >= 15 is 0 Å². The van der Waals surface area contributed by atoms with Crippen molar-refractivity contribution in [1.82, 2.24) is 19.4 Å². The molecular weight excluding hydrogens is 438 g/mol. The molecule has 4 aromatic rings. The monoisotopic (exact) mass is 467 g/mol. The van der Waals surface area contributed by atoms with Crippen LogP contribution in [0.5, 0.6) is 5.75 Å². The molecule has 0 saturated carbocycles. The second kappa shape index (κ2) is 9.17. The predicted molar refractivity (Wildman–Crippen MR) is 141 cm³/mol. The highest BCUT2D eigenvalue weighted by Gasteiger charge is 2.20. The summed E-state index contributed by atoms with van der Waals surface area (Å²) in [4.78, 5) is 25.6. The Labute approximate surface area is 204 Å². The van der Waals surface area contributed by atoms with E-state index in [0.29, 0.717) is 6.61 Å². The first-order valence-corrected chi connectivity index (χ1v) is 12.3. The molecule has 1 fully saturated rings. The van der Waals surface area contributed by atoms with Crippen molar-refractivity contribution in [2.24, 2.45) is 4.99 Å². The van der Waals surface area contributed by atoms with Gasteiger partial charge in [-0.25, -0.2) is 4.79 Å². The average Bonchev–Trinajstić information content (AvgIpc) is 3.13. The number of aromatic amines is 1. The maximum Gasteiger partial charge on any atom is 0.331 e. The lowest BCUT2D eigenvalue weighted by atomic mass is 10.0. The van der Waals surface area contributed by atoms with Gasteiger partial charge in [0.2, 0.25) is 0 Å². The molecule has 0 bridgehead atoms. The highest BCUT2D eigenvalue weighted by atomic mass is 16.5. The smallest absolute Gasteiger partial charge is 0.331 e. The normalized spacial score (nSPS) is 15.8. The van der Waals surface area contributed by atoms with Crippen molar-refractivity contribution in [1.29, 1.82) is 0 Å². The SMILES string of the molecule is CCN1CCN(CCOc2ccc(-c3cccc4c3N=Cc3cccc5[nH]c(=O)n-4c35)cc2)CC1. The first-order valence-electron chi connectivity index (χ1n) is 12.3. The van der Waals surface area contributed by atoms with Crippen LogP contribution in [0.2, 0.25) is 0 Å². The molecule has 1 saturated heterocycles. The third-order valence-corrected chi connectivity index (χ3v) is 7.08. The summed E-state index contributed by atoms with van der Waals surface area (Å²) in [6, 6.07) is 20.0. The minimum atomic E-state index is -0.156. The van der Waals surface area contributed by atoms with Crippen LogP contribution in [0.15, 0.2) is 70.5 Å². The summed E-state index contributed by atoms with van der Waals surface area (Å²) >= 11 is 0. The molecule has 0 amide bonds. The van der Waals surface area contributed by atoms with Gasteiger partial charge in [-0.3, -0.25) is 14.5 Å². The molecule has 0 atom stereocenters. The van der Waals surface area contributed by atoms with Crippen molar-refractivity contribution in [3.05, 3.63) is 76.7 Å². The summed E-state index contributed by atoms with van der Waals surface area (Å²) in [5.74, 6) is 0.863. The van der Waals surface area contributed by atoms with Crippen LogP contribution in [-0.4, -0.2) is 71.4 Å². The number of ether oxygens (including phenoxy) is 1. The van der Waals surface area contributed by atoms with Gasteiger partial charge in [-0.15, -0.1) is 0 Å². The molecule has 7 nitrogen and oxygen atoms in total. The molecule has 0 aliphatic carbocycles. The Hall–Kier alpha value is -3.68. The Morgan fingerprint density at radius 3 is 2.51 bits per heavy atom. The van der Waals surface area contributed by atoms with Gasteiger partial charge in [0.25, 0.3) is 0 Å². The average molecular weight is 468 g/mol. The lowest BCUT2D eigenvalue weighted by Crippen LogP contribution is -2.47. The van der Waals surface area contributed by atoms with Gasteiger partial charge in [0.15, 0.2) is 0 Å². The van der Waals surface area contributed by atoms with Crippen LogP contribution in [0.3, 0.4) is 0 Å². The van der Waals surface area contributed by atoms with Gasteiger partial charge in [0.05, 0.1) is 22.4 Å². The first kappa shape index (κ1) is 21.8. The fourth-order valence-electron chi connectivity index (χ4n) is 5.09. The lowest BCUT2D eigenvalue weighted by molar-refractivity contribution is 0.121. The van der Waals surface area contributed by atoms with Crippen LogP contribution in [0.25, 0.3) is 27.8 Å². The second-order valence-corrected chi connectivity index (χ2v) is 9.09. The Balaban J connectivity index is 1.22. The van der Waals surface area contributed by atoms with Gasteiger partial charge in [0, 0.05) is 50.1 Å². The summed E-state index contributed by atoms with van der Waals surface area (Å²) in [6.07, 6.45) is 1.85. The first-order chi connectivity index (χ1) is 17.2. The summed E-state index contributed by atoms with van der Waals surface area (Å²) in [5, 5.41) is 0. The van der Waals surface area contributed by atoms with Crippen molar-refractivity contribution in [3.63, 3.8) is 0 Å². The fourth-order valence-corrected chi connectivity index (χ4v) is 5.09. The van der Waals surface area contributed by atoms with Gasteiger partial charge in [-0.2, -0.15) is 0 Å². The van der Waals surface area contributed by atoms with Crippen LogP contribution in [0.4, 0.5) is 5.69 Å². The molecule has 178 valence electrons. The molecule has 6 rings (SSSR count). The zero-order valence-corrected chi connectivity index (χ0v) is 19.9. The van der Waals surface area contributed by atoms with Gasteiger partial charge in [-0.05, 0) is 36.4 Å². The van der Waals surface area contributed by atoms with Crippen molar-refractivity contribution < 1.29 is 4.74 Å². The van der Waals surface area contributed by atoms with Gasteiger partial charge in [0.1, 0.15) is 12.4 Å². The van der Waals surface area contributed by atoms with Gasteiger partial charge in [-0.1, -0.05) is 43.3 Å². The standard InChI is InChI=1S/C28H29N5O2/c1-2-31-13-15-32(16-14-31)17-18-35-22-11-9-20(10-12-22)23-6-4-8-25-26(23)29-19-21-5-3-7-24-27(21)33(25)28(34)30-24/h3-12,19H,2,13-18H2,1H3,(H,30,34). The zero-order valence-electron chi connectivity index (χ0n) is 19.9. The largest absolute Gasteiger partial charge is 0.492 e. The number of benzene rings is 3. The van der Waals surface area contributed by atoms with Crippen LogP contribution in [0.1, 0.15) is 12.5 Å². The minimum Gasteiger partial charge on any atom is -0.492 e. The van der Waals surface area contributed by atoms with E-state index in [1.54, 1.807) is 4.57 Å². The molecular formula is C28H29N5O2. The van der Waals surface area contributed by atoms with E-state index in [1.807, 2.05) is 54.7 Å². The molecule has 0 unspecified atom stereocenters. The number of likely N-dealkylation sites (N-methyl/N-ethyl adjacent to an activating group) is 1. The number of aliphatic imine (C=N–C) groups is 1. The number of piperazine rings is 1. The predicted octanol–water partition coefficient (Wildman–Crippen LogP) is 4.07. The summed E-state index contributed by atoms with van der Waals surface area (Å²) < 4.78 is 7.77. The molecule has 35 heavy (non-hydrogen) atoms. The van der Waals surface area contributed by atoms with Crippen LogP contribution >= 0.6 is 0 Å². The number of nitrogens with one attached hydrogen (secondary N) is 1.